The predicted octanol–water partition coefficient (Wildman–Crippen LogP) is 2.36. The Balaban J connectivity index is 1.78. The number of benzene rings is 1. The summed E-state index contributed by atoms with van der Waals surface area (Å²) >= 11 is 0. The van der Waals surface area contributed by atoms with Gasteiger partial charge >= 0.3 is 0 Å². The molecule has 0 atom stereocenters. The third-order valence-electron chi connectivity index (χ3n) is 4.45. The summed E-state index contributed by atoms with van der Waals surface area (Å²) in [6.45, 7) is 7.24. The summed E-state index contributed by atoms with van der Waals surface area (Å²) in [5.74, 6) is -0.944. The molecule has 2 heterocycles. The van der Waals surface area contributed by atoms with E-state index >= 15 is 0 Å². The van der Waals surface area contributed by atoms with Crippen LogP contribution in [0.25, 0.3) is 0 Å². The van der Waals surface area contributed by atoms with Crippen LogP contribution in [-0.4, -0.2) is 39.6 Å². The van der Waals surface area contributed by atoms with E-state index in [1.165, 1.54) is 0 Å². The average molecular weight is 315 g/mol. The van der Waals surface area contributed by atoms with Crippen LogP contribution in [0.15, 0.2) is 35.9 Å². The van der Waals surface area contributed by atoms with Gasteiger partial charge in [0.1, 0.15) is 0 Å². The minimum absolute atomic E-state index is 0.0145. The number of imide groups is 1. The number of hydrogen-bond acceptors (Lipinski definition) is 4. The SMILES string of the molecule is CC1(C)C=C(CON2C(=O)c3ccccc3C2=O)C(C)(C)N1[O]. The molecule has 6 heteroatoms. The van der Waals surface area contributed by atoms with Crippen LogP contribution < -0.4 is 0 Å². The van der Waals surface area contributed by atoms with Crippen molar-refractivity contribution < 1.29 is 19.6 Å². The van der Waals surface area contributed by atoms with E-state index in [0.717, 1.165) is 15.7 Å². The molecule has 3 rings (SSSR count). The van der Waals surface area contributed by atoms with Gasteiger partial charge in [-0.25, -0.2) is 0 Å². The molecule has 0 fully saturated rings. The summed E-state index contributed by atoms with van der Waals surface area (Å²) in [6, 6.07) is 6.60. The maximum Gasteiger partial charge on any atom is 0.285 e. The Kier molecular flexibility index (Phi) is 3.44. The van der Waals surface area contributed by atoms with Gasteiger partial charge in [0.05, 0.1) is 28.8 Å². The van der Waals surface area contributed by atoms with Crippen molar-refractivity contribution in [3.05, 3.63) is 47.0 Å². The molecule has 23 heavy (non-hydrogen) atoms. The summed E-state index contributed by atoms with van der Waals surface area (Å²) in [4.78, 5) is 30.0. The number of rotatable bonds is 3. The van der Waals surface area contributed by atoms with Crippen LogP contribution in [0.4, 0.5) is 0 Å². The first kappa shape index (κ1) is 15.9. The lowest BCUT2D eigenvalue weighted by Gasteiger charge is -2.34. The maximum atomic E-state index is 12.3. The fourth-order valence-corrected chi connectivity index (χ4v) is 3.15. The standard InChI is InChI=1S/C17H19N2O4/c1-16(2)9-11(17(3,4)19(16)22)10-23-18-14(20)12-7-5-6-8-13(12)15(18)21/h5-9H,10H2,1-4H3. The molecule has 0 N–H and O–H groups in total. The third-order valence-corrected chi connectivity index (χ3v) is 4.45. The van der Waals surface area contributed by atoms with Crippen LogP contribution in [0.2, 0.25) is 0 Å². The Morgan fingerprint density at radius 3 is 1.96 bits per heavy atom. The number of fused-ring (bicyclic) bond motifs is 1. The van der Waals surface area contributed by atoms with E-state index in [2.05, 4.69) is 0 Å². The third kappa shape index (κ3) is 2.30. The van der Waals surface area contributed by atoms with Crippen molar-refractivity contribution in [2.45, 2.75) is 38.8 Å². The van der Waals surface area contributed by atoms with E-state index in [4.69, 9.17) is 4.84 Å². The van der Waals surface area contributed by atoms with Gasteiger partial charge in [0, 0.05) is 0 Å². The molecule has 0 saturated heterocycles. The van der Waals surface area contributed by atoms with E-state index in [0.29, 0.717) is 11.1 Å². The summed E-state index contributed by atoms with van der Waals surface area (Å²) < 4.78 is 0. The number of amides is 2. The normalized spacial score (nSPS) is 22.5. The van der Waals surface area contributed by atoms with Crippen molar-refractivity contribution in [3.8, 4) is 0 Å². The van der Waals surface area contributed by atoms with Crippen LogP contribution in [0.1, 0.15) is 48.4 Å². The van der Waals surface area contributed by atoms with Gasteiger partial charge in [0.2, 0.25) is 0 Å². The molecular weight excluding hydrogens is 296 g/mol. The maximum absolute atomic E-state index is 12.3. The molecule has 2 amide bonds. The lowest BCUT2D eigenvalue weighted by Crippen LogP contribution is -2.47. The molecule has 1 aromatic carbocycles. The second kappa shape index (κ2) is 4.99. The minimum atomic E-state index is -0.748. The smallest absolute Gasteiger partial charge is 0.266 e. The zero-order valence-corrected chi connectivity index (χ0v) is 13.6. The molecule has 0 unspecified atom stereocenters. The van der Waals surface area contributed by atoms with Crippen LogP contribution in [0, 0.1) is 0 Å². The number of hydroxylamine groups is 4. The van der Waals surface area contributed by atoms with Crippen LogP contribution in [-0.2, 0) is 10.0 Å². The zero-order chi connectivity index (χ0) is 17.0. The van der Waals surface area contributed by atoms with Crippen molar-refractivity contribution in [2.24, 2.45) is 0 Å². The van der Waals surface area contributed by atoms with E-state index in [9.17, 15) is 14.8 Å². The van der Waals surface area contributed by atoms with Crippen LogP contribution >= 0.6 is 0 Å². The van der Waals surface area contributed by atoms with Gasteiger partial charge in [-0.05, 0) is 45.4 Å². The molecule has 1 aromatic rings. The summed E-state index contributed by atoms with van der Waals surface area (Å²) in [5, 5.41) is 14.1. The van der Waals surface area contributed by atoms with Crippen molar-refractivity contribution >= 4 is 11.8 Å². The Labute approximate surface area is 134 Å². The van der Waals surface area contributed by atoms with Crippen molar-refractivity contribution in [3.63, 3.8) is 0 Å². The van der Waals surface area contributed by atoms with Gasteiger partial charge in [-0.15, -0.1) is 15.3 Å². The summed E-state index contributed by atoms with van der Waals surface area (Å²) in [5.41, 5.74) is 0.0201. The largest absolute Gasteiger partial charge is 0.285 e. The molecule has 1 radical (unpaired) electrons. The molecule has 121 valence electrons. The molecule has 2 aliphatic heterocycles. The highest BCUT2D eigenvalue weighted by Gasteiger charge is 2.47. The van der Waals surface area contributed by atoms with Gasteiger partial charge in [-0.1, -0.05) is 18.2 Å². The number of carbonyl (C=O) groups excluding carboxylic acids is 2. The lowest BCUT2D eigenvalue weighted by atomic mass is 9.97. The van der Waals surface area contributed by atoms with Crippen molar-refractivity contribution in [1.29, 1.82) is 0 Å². The van der Waals surface area contributed by atoms with Gasteiger partial charge in [-0.2, -0.15) is 0 Å². The van der Waals surface area contributed by atoms with Crippen LogP contribution in [0.5, 0.6) is 0 Å². The molecule has 0 saturated carbocycles. The highest BCUT2D eigenvalue weighted by Crippen LogP contribution is 2.39. The highest BCUT2D eigenvalue weighted by molar-refractivity contribution is 6.20. The Bertz CT molecular complexity index is 686. The monoisotopic (exact) mass is 315 g/mol. The lowest BCUT2D eigenvalue weighted by molar-refractivity contribution is -0.240. The second-order valence-electron chi connectivity index (χ2n) is 6.90. The highest BCUT2D eigenvalue weighted by atomic mass is 16.7. The summed E-state index contributed by atoms with van der Waals surface area (Å²) in [6.07, 6.45) is 1.83. The van der Waals surface area contributed by atoms with E-state index in [1.54, 1.807) is 38.1 Å². The molecule has 0 spiro atoms. The predicted molar refractivity (Wildman–Crippen MR) is 81.7 cm³/mol. The summed E-state index contributed by atoms with van der Waals surface area (Å²) in [7, 11) is 0. The minimum Gasteiger partial charge on any atom is -0.266 e. The van der Waals surface area contributed by atoms with Crippen molar-refractivity contribution in [2.75, 3.05) is 6.61 Å². The molecule has 0 bridgehead atoms. The topological polar surface area (TPSA) is 69.8 Å². The molecule has 6 nitrogen and oxygen atoms in total. The molecule has 0 aliphatic carbocycles. The Hall–Kier alpha value is -2.02. The van der Waals surface area contributed by atoms with Crippen molar-refractivity contribution in [1.82, 2.24) is 10.1 Å². The number of carbonyl (C=O) groups is 2. The fourth-order valence-electron chi connectivity index (χ4n) is 3.15. The first-order valence-corrected chi connectivity index (χ1v) is 7.46. The van der Waals surface area contributed by atoms with Crippen LogP contribution in [0.3, 0.4) is 0 Å². The Morgan fingerprint density at radius 2 is 1.52 bits per heavy atom. The second-order valence-corrected chi connectivity index (χ2v) is 6.90. The fraction of sp³-hybridized carbons (Fsp3) is 0.412. The van der Waals surface area contributed by atoms with E-state index in [-0.39, 0.29) is 6.61 Å². The molecular formula is C17H19N2O4. The first-order chi connectivity index (χ1) is 10.7. The average Bonchev–Trinajstić information content (AvgIpc) is 2.83. The van der Waals surface area contributed by atoms with Gasteiger partial charge in [0.15, 0.2) is 0 Å². The quantitative estimate of drug-likeness (QED) is 0.634. The van der Waals surface area contributed by atoms with Gasteiger partial charge in [0.25, 0.3) is 11.8 Å². The van der Waals surface area contributed by atoms with Gasteiger partial charge < -0.3 is 0 Å². The zero-order valence-electron chi connectivity index (χ0n) is 13.6. The molecule has 0 aromatic heterocycles. The number of nitrogens with zero attached hydrogens (tertiary/aromatic N) is 2. The Morgan fingerprint density at radius 1 is 1.00 bits per heavy atom. The van der Waals surface area contributed by atoms with Gasteiger partial charge in [-0.3, -0.25) is 14.4 Å². The molecule has 2 aliphatic rings. The number of hydrogen-bond donors (Lipinski definition) is 0. The first-order valence-electron chi connectivity index (χ1n) is 7.46. The van der Waals surface area contributed by atoms with E-state index in [1.807, 2.05) is 19.9 Å². The van der Waals surface area contributed by atoms with E-state index < -0.39 is 22.9 Å².